The van der Waals surface area contributed by atoms with Gasteiger partial charge in [0.2, 0.25) is 0 Å². The molecule has 0 fully saturated rings. The Hall–Kier alpha value is -1.08. The lowest BCUT2D eigenvalue weighted by molar-refractivity contribution is 0.499. The molecular formula is C13H11BrClF2N3. The summed E-state index contributed by atoms with van der Waals surface area (Å²) in [4.78, 5) is 4.18. The molecule has 1 aromatic heterocycles. The smallest absolute Gasteiger partial charge is 0.142 e. The molecule has 1 atom stereocenters. The Kier molecular flexibility index (Phi) is 5.04. The van der Waals surface area contributed by atoms with Crippen LogP contribution in [0.4, 0.5) is 8.78 Å². The minimum Gasteiger partial charge on any atom is -0.271 e. The summed E-state index contributed by atoms with van der Waals surface area (Å²) >= 11 is 8.80. The molecule has 0 aliphatic carbocycles. The Morgan fingerprint density at radius 1 is 1.30 bits per heavy atom. The molecule has 0 radical (unpaired) electrons. The van der Waals surface area contributed by atoms with Crippen LogP contribution in [0.15, 0.2) is 34.9 Å². The summed E-state index contributed by atoms with van der Waals surface area (Å²) in [5.74, 6) is 4.13. The third-order valence-corrected chi connectivity index (χ3v) is 3.58. The molecule has 7 heteroatoms. The van der Waals surface area contributed by atoms with Crippen molar-refractivity contribution in [3.63, 3.8) is 0 Å². The van der Waals surface area contributed by atoms with E-state index in [9.17, 15) is 8.78 Å². The van der Waals surface area contributed by atoms with Gasteiger partial charge in [0.1, 0.15) is 11.6 Å². The van der Waals surface area contributed by atoms with Crippen molar-refractivity contribution in [2.75, 3.05) is 0 Å². The minimum atomic E-state index is -0.688. The molecule has 0 saturated carbocycles. The normalized spacial score (nSPS) is 12.4. The van der Waals surface area contributed by atoms with Crippen LogP contribution in [-0.2, 0) is 6.42 Å². The number of rotatable bonds is 4. The van der Waals surface area contributed by atoms with Crippen molar-refractivity contribution in [1.29, 1.82) is 0 Å². The maximum Gasteiger partial charge on any atom is 0.142 e. The molecule has 2 rings (SSSR count). The molecule has 0 amide bonds. The van der Waals surface area contributed by atoms with Crippen molar-refractivity contribution in [2.24, 2.45) is 5.84 Å². The number of pyridine rings is 1. The Balaban J connectivity index is 2.28. The van der Waals surface area contributed by atoms with Gasteiger partial charge in [0, 0.05) is 28.3 Å². The average molecular weight is 363 g/mol. The first-order valence-electron chi connectivity index (χ1n) is 5.72. The molecule has 3 N–H and O–H groups in total. The lowest BCUT2D eigenvalue weighted by Gasteiger charge is -2.17. The van der Waals surface area contributed by atoms with Gasteiger partial charge in [0.05, 0.1) is 11.1 Å². The average Bonchev–Trinajstić information content (AvgIpc) is 2.43. The lowest BCUT2D eigenvalue weighted by atomic mass is 10.0. The predicted octanol–water partition coefficient (Wildman–Crippen LogP) is 3.52. The number of nitrogens with zero attached hydrogens (tertiary/aromatic N) is 1. The molecule has 0 spiro atoms. The van der Waals surface area contributed by atoms with Crippen LogP contribution in [-0.4, -0.2) is 4.98 Å². The number of nitrogens with one attached hydrogen (secondary N) is 1. The zero-order valence-electron chi connectivity index (χ0n) is 10.2. The number of hydrogen-bond donors (Lipinski definition) is 2. The van der Waals surface area contributed by atoms with Crippen LogP contribution >= 0.6 is 27.5 Å². The molecule has 1 aromatic carbocycles. The van der Waals surface area contributed by atoms with Crippen molar-refractivity contribution in [3.8, 4) is 0 Å². The van der Waals surface area contributed by atoms with Crippen molar-refractivity contribution in [1.82, 2.24) is 10.4 Å². The van der Waals surface area contributed by atoms with E-state index in [0.29, 0.717) is 12.1 Å². The zero-order chi connectivity index (χ0) is 14.7. The molecule has 1 unspecified atom stereocenters. The fourth-order valence-electron chi connectivity index (χ4n) is 1.80. The summed E-state index contributed by atoms with van der Waals surface area (Å²) in [6.07, 6.45) is 1.95. The second-order valence-electron chi connectivity index (χ2n) is 4.18. The van der Waals surface area contributed by atoms with E-state index >= 15 is 0 Å². The first-order valence-corrected chi connectivity index (χ1v) is 6.89. The van der Waals surface area contributed by atoms with Crippen molar-refractivity contribution < 1.29 is 8.78 Å². The molecule has 1 heterocycles. The van der Waals surface area contributed by atoms with Gasteiger partial charge in [0.15, 0.2) is 0 Å². The first kappa shape index (κ1) is 15.3. The highest BCUT2D eigenvalue weighted by atomic mass is 79.9. The number of halogens is 4. The first-order chi connectivity index (χ1) is 9.51. The van der Waals surface area contributed by atoms with Crippen LogP contribution < -0.4 is 11.3 Å². The lowest BCUT2D eigenvalue weighted by Crippen LogP contribution is -2.30. The molecule has 3 nitrogen and oxygen atoms in total. The van der Waals surface area contributed by atoms with E-state index in [1.807, 2.05) is 6.07 Å². The van der Waals surface area contributed by atoms with E-state index in [2.05, 4.69) is 26.3 Å². The van der Waals surface area contributed by atoms with E-state index in [0.717, 1.165) is 16.6 Å². The maximum absolute atomic E-state index is 13.9. The highest BCUT2D eigenvalue weighted by Crippen LogP contribution is 2.25. The van der Waals surface area contributed by atoms with Gasteiger partial charge in [-0.2, -0.15) is 0 Å². The zero-order valence-corrected chi connectivity index (χ0v) is 12.5. The fraction of sp³-hybridized carbons (Fsp3) is 0.154. The summed E-state index contributed by atoms with van der Waals surface area (Å²) in [5, 5.41) is -0.260. The van der Waals surface area contributed by atoms with Gasteiger partial charge in [-0.25, -0.2) is 8.78 Å². The molecule has 0 bridgehead atoms. The van der Waals surface area contributed by atoms with Gasteiger partial charge < -0.3 is 0 Å². The van der Waals surface area contributed by atoms with Crippen LogP contribution in [0.2, 0.25) is 5.02 Å². The Bertz CT molecular complexity index is 607. The van der Waals surface area contributed by atoms with Gasteiger partial charge in [0.25, 0.3) is 0 Å². The summed E-state index contributed by atoms with van der Waals surface area (Å²) in [5.41, 5.74) is 3.28. The second kappa shape index (κ2) is 6.58. The topological polar surface area (TPSA) is 50.9 Å². The van der Waals surface area contributed by atoms with E-state index in [1.165, 1.54) is 0 Å². The van der Waals surface area contributed by atoms with Crippen LogP contribution in [0.5, 0.6) is 0 Å². The molecule has 0 aliphatic heterocycles. The third kappa shape index (κ3) is 3.52. The molecule has 106 valence electrons. The fourth-order valence-corrected chi connectivity index (χ4v) is 2.18. The van der Waals surface area contributed by atoms with Crippen LogP contribution in [0.25, 0.3) is 0 Å². The summed E-state index contributed by atoms with van der Waals surface area (Å²) in [6.45, 7) is 0. The Labute approximate surface area is 128 Å². The largest absolute Gasteiger partial charge is 0.271 e. The van der Waals surface area contributed by atoms with Crippen molar-refractivity contribution in [2.45, 2.75) is 12.5 Å². The SMILES string of the molecule is NNC(Cc1ccc(Br)cn1)c1cc(F)c(Cl)cc1F. The van der Waals surface area contributed by atoms with E-state index < -0.39 is 17.7 Å². The molecule has 2 aromatic rings. The van der Waals surface area contributed by atoms with Crippen molar-refractivity contribution >= 4 is 27.5 Å². The third-order valence-electron chi connectivity index (χ3n) is 2.82. The highest BCUT2D eigenvalue weighted by molar-refractivity contribution is 9.10. The van der Waals surface area contributed by atoms with Gasteiger partial charge in [-0.15, -0.1) is 0 Å². The number of nitrogens with two attached hydrogens (primary N) is 1. The number of aromatic nitrogens is 1. The summed E-state index contributed by atoms with van der Waals surface area (Å²) < 4.78 is 28.2. The molecular weight excluding hydrogens is 352 g/mol. The van der Waals surface area contributed by atoms with Gasteiger partial charge in [-0.1, -0.05) is 11.6 Å². The summed E-state index contributed by atoms with van der Waals surface area (Å²) in [7, 11) is 0. The molecule has 0 aliphatic rings. The monoisotopic (exact) mass is 361 g/mol. The molecule has 0 saturated heterocycles. The predicted molar refractivity (Wildman–Crippen MR) is 77.1 cm³/mol. The standard InChI is InChI=1S/C13H11BrClF2N3/c14-7-1-2-8(19-6-7)3-13(20-18)9-4-12(17)10(15)5-11(9)16/h1-2,4-6,13,20H,3,18H2. The Morgan fingerprint density at radius 2 is 2.05 bits per heavy atom. The summed E-state index contributed by atoms with van der Waals surface area (Å²) in [6, 6.07) is 4.97. The highest BCUT2D eigenvalue weighted by Gasteiger charge is 2.18. The Morgan fingerprint density at radius 3 is 2.65 bits per heavy atom. The van der Waals surface area contributed by atoms with E-state index in [1.54, 1.807) is 12.3 Å². The quantitative estimate of drug-likeness (QED) is 0.497. The molecule has 20 heavy (non-hydrogen) atoms. The number of benzene rings is 1. The second-order valence-corrected chi connectivity index (χ2v) is 5.50. The van der Waals surface area contributed by atoms with Crippen LogP contribution in [0, 0.1) is 11.6 Å². The number of hydrogen-bond acceptors (Lipinski definition) is 3. The number of hydrazine groups is 1. The van der Waals surface area contributed by atoms with Gasteiger partial charge >= 0.3 is 0 Å². The van der Waals surface area contributed by atoms with E-state index in [4.69, 9.17) is 17.4 Å². The maximum atomic E-state index is 13.9. The van der Waals surface area contributed by atoms with Gasteiger partial charge in [-0.05, 0) is 40.2 Å². The van der Waals surface area contributed by atoms with Crippen molar-refractivity contribution in [3.05, 3.63) is 62.8 Å². The van der Waals surface area contributed by atoms with E-state index in [-0.39, 0.29) is 10.6 Å². The van der Waals surface area contributed by atoms with Gasteiger partial charge in [-0.3, -0.25) is 16.3 Å². The van der Waals surface area contributed by atoms with Crippen LogP contribution in [0.1, 0.15) is 17.3 Å². The minimum absolute atomic E-state index is 0.110. The van der Waals surface area contributed by atoms with Crippen LogP contribution in [0.3, 0.4) is 0 Å².